The predicted molar refractivity (Wildman–Crippen MR) is 108 cm³/mol. The van der Waals surface area contributed by atoms with E-state index in [1.165, 1.54) is 30.4 Å². The summed E-state index contributed by atoms with van der Waals surface area (Å²) in [6.45, 7) is 7.25. The molecule has 2 rings (SSSR count). The van der Waals surface area contributed by atoms with E-state index in [1.807, 2.05) is 0 Å². The smallest absolute Gasteiger partial charge is 0.512 e. The molecule has 1 atom stereocenters. The third-order valence-electron chi connectivity index (χ3n) is 4.34. The monoisotopic (exact) mass is 462 g/mol. The summed E-state index contributed by atoms with van der Waals surface area (Å²) >= 11 is 0. The second-order valence-electron chi connectivity index (χ2n) is 7.02. The zero-order valence-corrected chi connectivity index (χ0v) is 18.1. The number of hydrogen-bond donors (Lipinski definition) is 5. The summed E-state index contributed by atoms with van der Waals surface area (Å²) in [5.74, 6) is 0.0359. The van der Waals surface area contributed by atoms with Gasteiger partial charge in [-0.3, -0.25) is 14.3 Å². The zero-order valence-electron chi connectivity index (χ0n) is 16.3. The Morgan fingerprint density at radius 3 is 2.40 bits per heavy atom. The van der Waals surface area contributed by atoms with Crippen molar-refractivity contribution in [3.8, 4) is 11.5 Å². The quantitative estimate of drug-likeness (QED) is 0.272. The second kappa shape index (κ2) is 9.08. The van der Waals surface area contributed by atoms with Gasteiger partial charge in [-0.05, 0) is 11.6 Å². The minimum atomic E-state index is -4.76. The molecular weight excluding hydrogens is 438 g/mol. The van der Waals surface area contributed by atoms with Crippen LogP contribution in [0.4, 0.5) is 0 Å². The van der Waals surface area contributed by atoms with E-state index in [4.69, 9.17) is 24.3 Å². The number of rotatable bonds is 9. The second-order valence-corrected chi connectivity index (χ2v) is 9.38. The van der Waals surface area contributed by atoms with Gasteiger partial charge in [-0.1, -0.05) is 44.7 Å². The lowest BCUT2D eigenvalue weighted by Crippen LogP contribution is -2.26. The molecule has 0 radical (unpaired) electrons. The highest BCUT2D eigenvalue weighted by molar-refractivity contribution is 7.46. The van der Waals surface area contributed by atoms with E-state index in [2.05, 4.69) is 15.6 Å². The minimum Gasteiger partial charge on any atom is -0.512 e. The summed E-state index contributed by atoms with van der Waals surface area (Å²) < 4.78 is 37.0. The molecule has 0 saturated heterocycles. The highest BCUT2D eigenvalue weighted by atomic mass is 31.2. The molecule has 12 heteroatoms. The van der Waals surface area contributed by atoms with Crippen molar-refractivity contribution in [3.63, 3.8) is 0 Å². The Morgan fingerprint density at radius 2 is 1.87 bits per heavy atom. The van der Waals surface area contributed by atoms with E-state index < -0.39 is 27.2 Å². The topological polar surface area (TPSA) is 163 Å². The molecule has 166 valence electrons. The fourth-order valence-corrected chi connectivity index (χ4v) is 4.00. The molecule has 5 N–H and O–H groups in total. The summed E-state index contributed by atoms with van der Waals surface area (Å²) in [6, 6.07) is 4.24. The zero-order chi connectivity index (χ0) is 22.7. The van der Waals surface area contributed by atoms with Gasteiger partial charge in [-0.15, -0.1) is 0 Å². The predicted octanol–water partition coefficient (Wildman–Crippen LogP) is 3.25. The normalized spacial score (nSPS) is 17.7. The van der Waals surface area contributed by atoms with E-state index in [9.17, 15) is 14.2 Å². The molecule has 0 amide bonds. The molecule has 1 aromatic carbocycles. The summed E-state index contributed by atoms with van der Waals surface area (Å²) in [5.41, 5.74) is 0.174. The van der Waals surface area contributed by atoms with Gasteiger partial charge in [-0.2, -0.15) is 0 Å². The van der Waals surface area contributed by atoms with E-state index in [-0.39, 0.29) is 30.3 Å². The number of phosphoric ester groups is 2. The standard InChI is InChI=1S/C18H24O10P2/c1-4-9-26-17-11-13(28-30(23,24)25)6-8-15(17)18(2,3)14-7-5-12(10-16(14)19)27-29(20,21)22/h4-8,11-12,19H,1,9-10H2,2-3H3,(H2,20,21,22)(H2,23,24,25). The molecule has 1 aliphatic rings. The Morgan fingerprint density at radius 1 is 1.20 bits per heavy atom. The molecule has 0 bridgehead atoms. The van der Waals surface area contributed by atoms with Crippen molar-refractivity contribution in [2.24, 2.45) is 0 Å². The lowest BCUT2D eigenvalue weighted by molar-refractivity contribution is 0.149. The average molecular weight is 462 g/mol. The molecule has 0 fully saturated rings. The van der Waals surface area contributed by atoms with E-state index >= 15 is 0 Å². The molecule has 1 aliphatic carbocycles. The highest BCUT2D eigenvalue weighted by Gasteiger charge is 2.34. The van der Waals surface area contributed by atoms with Crippen LogP contribution >= 0.6 is 15.6 Å². The molecule has 10 nitrogen and oxygen atoms in total. The van der Waals surface area contributed by atoms with Crippen LogP contribution in [0.25, 0.3) is 0 Å². The van der Waals surface area contributed by atoms with Gasteiger partial charge < -0.3 is 24.2 Å². The van der Waals surface area contributed by atoms with Crippen molar-refractivity contribution in [2.75, 3.05) is 6.61 Å². The van der Waals surface area contributed by atoms with Gasteiger partial charge in [-0.25, -0.2) is 9.13 Å². The Balaban J connectivity index is 2.41. The molecule has 30 heavy (non-hydrogen) atoms. The molecule has 1 unspecified atom stereocenters. The minimum absolute atomic E-state index is 0.102. The fourth-order valence-electron chi connectivity index (χ4n) is 3.11. The maximum atomic E-state index is 11.1. The summed E-state index contributed by atoms with van der Waals surface area (Å²) in [4.78, 5) is 36.0. The maximum absolute atomic E-state index is 11.1. The summed E-state index contributed by atoms with van der Waals surface area (Å²) in [7, 11) is -9.48. The fraction of sp³-hybridized carbons (Fsp3) is 0.333. The first-order chi connectivity index (χ1) is 13.7. The van der Waals surface area contributed by atoms with Crippen LogP contribution in [0.15, 0.2) is 54.3 Å². The Labute approximate surface area is 173 Å². The number of aliphatic hydroxyl groups excluding tert-OH is 1. The molecule has 0 heterocycles. The van der Waals surface area contributed by atoms with Crippen LogP contribution in [0.1, 0.15) is 25.8 Å². The van der Waals surface area contributed by atoms with Crippen molar-refractivity contribution in [3.05, 3.63) is 59.9 Å². The van der Waals surface area contributed by atoms with E-state index in [1.54, 1.807) is 19.9 Å². The highest BCUT2D eigenvalue weighted by Crippen LogP contribution is 2.46. The van der Waals surface area contributed by atoms with Crippen LogP contribution in [0, 0.1) is 0 Å². The van der Waals surface area contributed by atoms with Crippen LogP contribution in [0.3, 0.4) is 0 Å². The Bertz CT molecular complexity index is 954. The van der Waals surface area contributed by atoms with Crippen molar-refractivity contribution in [1.82, 2.24) is 0 Å². The van der Waals surface area contributed by atoms with E-state index in [0.29, 0.717) is 11.1 Å². The molecule has 0 spiro atoms. The van der Waals surface area contributed by atoms with Crippen LogP contribution in [-0.4, -0.2) is 37.4 Å². The largest absolute Gasteiger partial charge is 0.524 e. The van der Waals surface area contributed by atoms with Crippen molar-refractivity contribution < 1.29 is 47.6 Å². The van der Waals surface area contributed by atoms with Gasteiger partial charge in [0, 0.05) is 23.5 Å². The molecule has 0 aromatic heterocycles. The van der Waals surface area contributed by atoms with Gasteiger partial charge in [0.1, 0.15) is 18.1 Å². The van der Waals surface area contributed by atoms with Gasteiger partial charge >= 0.3 is 15.6 Å². The number of benzene rings is 1. The first-order valence-corrected chi connectivity index (χ1v) is 11.8. The molecule has 0 aliphatic heterocycles. The van der Waals surface area contributed by atoms with Gasteiger partial charge in [0.2, 0.25) is 0 Å². The lowest BCUT2D eigenvalue weighted by atomic mass is 9.74. The Hall–Kier alpha value is -1.90. The van der Waals surface area contributed by atoms with Crippen molar-refractivity contribution in [1.29, 1.82) is 0 Å². The average Bonchev–Trinajstić information content (AvgIpc) is 2.56. The van der Waals surface area contributed by atoms with Gasteiger partial charge in [0.25, 0.3) is 0 Å². The first-order valence-electron chi connectivity index (χ1n) is 8.71. The van der Waals surface area contributed by atoms with E-state index in [0.717, 1.165) is 0 Å². The summed E-state index contributed by atoms with van der Waals surface area (Å²) in [5, 5.41) is 10.5. The van der Waals surface area contributed by atoms with Crippen molar-refractivity contribution >= 4 is 15.6 Å². The molecule has 1 aromatic rings. The van der Waals surface area contributed by atoms with Crippen molar-refractivity contribution in [2.45, 2.75) is 31.8 Å². The first kappa shape index (κ1) is 24.4. The van der Waals surface area contributed by atoms with Gasteiger partial charge in [0.05, 0.1) is 11.9 Å². The summed E-state index contributed by atoms with van der Waals surface area (Å²) in [6.07, 6.45) is 3.32. The van der Waals surface area contributed by atoms with Crippen LogP contribution in [0.2, 0.25) is 0 Å². The molecular formula is C18H24O10P2. The van der Waals surface area contributed by atoms with Crippen LogP contribution in [0.5, 0.6) is 11.5 Å². The number of ether oxygens (including phenoxy) is 1. The van der Waals surface area contributed by atoms with Crippen LogP contribution in [-0.2, 0) is 19.1 Å². The van der Waals surface area contributed by atoms with Crippen LogP contribution < -0.4 is 9.26 Å². The number of phosphoric acid groups is 2. The Kier molecular flexibility index (Phi) is 7.37. The maximum Gasteiger partial charge on any atom is 0.524 e. The number of aliphatic hydroxyl groups is 1. The SMILES string of the molecule is C=CCOc1cc(OP(=O)(O)O)ccc1C(C)(C)C1=C(O)CC(OP(=O)(O)O)C=C1. The number of hydrogen-bond acceptors (Lipinski definition) is 6. The van der Waals surface area contributed by atoms with Gasteiger partial charge in [0.15, 0.2) is 0 Å². The third-order valence-corrected chi connectivity index (χ3v) is 5.33. The lowest BCUT2D eigenvalue weighted by Gasteiger charge is -2.32. The third kappa shape index (κ3) is 6.55. The molecule has 0 saturated carbocycles. The number of allylic oxidation sites excluding steroid dienone is 2.